The third-order valence-corrected chi connectivity index (χ3v) is 3.90. The molecule has 0 aliphatic carbocycles. The van der Waals surface area contributed by atoms with E-state index in [2.05, 4.69) is 28.6 Å². The summed E-state index contributed by atoms with van der Waals surface area (Å²) in [5.74, 6) is 1.93. The number of nitrogens with zero attached hydrogens (tertiary/aromatic N) is 1. The largest absolute Gasteiger partial charge is 0.495 e. The molecule has 0 aromatic heterocycles. The normalized spacial score (nSPS) is 19.8. The Balaban J connectivity index is 2.33. The summed E-state index contributed by atoms with van der Waals surface area (Å²) in [6, 6.07) is 5.68. The molecule has 92 valence electrons. The number of carbonyl (C=O) groups is 1. The number of amides is 1. The average molecular weight is 316 g/mol. The molecule has 1 aromatic carbocycles. The minimum Gasteiger partial charge on any atom is -0.495 e. The van der Waals surface area contributed by atoms with E-state index in [-0.39, 0.29) is 5.91 Å². The first-order valence-electron chi connectivity index (χ1n) is 5.40. The van der Waals surface area contributed by atoms with Crippen LogP contribution in [0.4, 0.5) is 5.69 Å². The number of ether oxygens (including phenoxy) is 1. The Hall–Kier alpha value is -0.680. The monoisotopic (exact) mass is 315 g/mol. The van der Waals surface area contributed by atoms with Gasteiger partial charge in [0, 0.05) is 17.4 Å². The molecular weight excluding hydrogens is 302 g/mol. The summed E-state index contributed by atoms with van der Waals surface area (Å²) in [7, 11) is 1.61. The minimum atomic E-state index is 0.139. The number of hydrogen-bond acceptors (Lipinski definition) is 3. The van der Waals surface area contributed by atoms with Gasteiger partial charge in [0.05, 0.1) is 12.8 Å². The van der Waals surface area contributed by atoms with Crippen LogP contribution in [0.5, 0.6) is 5.75 Å². The standard InChI is InChI=1S/C12H14BrNO2S/c1-16-11-3-2-9(13)5-10(11)14-6-8(7-17)4-12(14)15/h2-3,5,8,17H,4,6-7H2,1H3. The maximum atomic E-state index is 11.9. The molecule has 0 N–H and O–H groups in total. The molecule has 1 atom stereocenters. The third-order valence-electron chi connectivity index (χ3n) is 2.90. The van der Waals surface area contributed by atoms with Crippen molar-refractivity contribution in [2.45, 2.75) is 6.42 Å². The molecule has 2 rings (SSSR count). The molecule has 17 heavy (non-hydrogen) atoms. The lowest BCUT2D eigenvalue weighted by molar-refractivity contribution is -0.117. The second-order valence-electron chi connectivity index (χ2n) is 4.07. The van der Waals surface area contributed by atoms with Crippen LogP contribution in [0.15, 0.2) is 22.7 Å². The van der Waals surface area contributed by atoms with E-state index in [4.69, 9.17) is 4.74 Å². The third kappa shape index (κ3) is 2.60. The summed E-state index contributed by atoms with van der Waals surface area (Å²) in [6.07, 6.45) is 0.569. The van der Waals surface area contributed by atoms with E-state index in [9.17, 15) is 4.79 Å². The fourth-order valence-electron chi connectivity index (χ4n) is 2.01. The number of carbonyl (C=O) groups excluding carboxylic acids is 1. The summed E-state index contributed by atoms with van der Waals surface area (Å²) in [4.78, 5) is 13.7. The number of thiol groups is 1. The Morgan fingerprint density at radius 2 is 2.35 bits per heavy atom. The van der Waals surface area contributed by atoms with Crippen molar-refractivity contribution in [1.29, 1.82) is 0 Å². The zero-order valence-electron chi connectivity index (χ0n) is 9.52. The van der Waals surface area contributed by atoms with Gasteiger partial charge in [-0.3, -0.25) is 4.79 Å². The van der Waals surface area contributed by atoms with Crippen LogP contribution in [0.1, 0.15) is 6.42 Å². The van der Waals surface area contributed by atoms with Crippen LogP contribution < -0.4 is 9.64 Å². The van der Waals surface area contributed by atoms with Crippen LogP contribution in [0.2, 0.25) is 0 Å². The molecule has 0 saturated carbocycles. The molecule has 1 heterocycles. The molecule has 0 spiro atoms. The number of anilines is 1. The van der Waals surface area contributed by atoms with Crippen molar-refractivity contribution >= 4 is 40.2 Å². The topological polar surface area (TPSA) is 29.5 Å². The van der Waals surface area contributed by atoms with Crippen LogP contribution in [0.25, 0.3) is 0 Å². The lowest BCUT2D eigenvalue weighted by Crippen LogP contribution is -2.25. The van der Waals surface area contributed by atoms with Crippen molar-refractivity contribution < 1.29 is 9.53 Å². The van der Waals surface area contributed by atoms with Gasteiger partial charge in [-0.15, -0.1) is 0 Å². The van der Waals surface area contributed by atoms with Crippen LogP contribution >= 0.6 is 28.6 Å². The van der Waals surface area contributed by atoms with Gasteiger partial charge >= 0.3 is 0 Å². The molecule has 1 unspecified atom stereocenters. The maximum Gasteiger partial charge on any atom is 0.227 e. The van der Waals surface area contributed by atoms with Gasteiger partial charge < -0.3 is 9.64 Å². The predicted octanol–water partition coefficient (Wildman–Crippen LogP) is 2.74. The Morgan fingerprint density at radius 1 is 1.59 bits per heavy atom. The summed E-state index contributed by atoms with van der Waals surface area (Å²) in [6.45, 7) is 0.717. The molecule has 1 aliphatic heterocycles. The van der Waals surface area contributed by atoms with Gasteiger partial charge in [-0.1, -0.05) is 15.9 Å². The highest BCUT2D eigenvalue weighted by Gasteiger charge is 2.31. The van der Waals surface area contributed by atoms with Gasteiger partial charge in [-0.2, -0.15) is 12.6 Å². The van der Waals surface area contributed by atoms with Crippen LogP contribution in [0, 0.1) is 5.92 Å². The van der Waals surface area contributed by atoms with Crippen molar-refractivity contribution in [3.8, 4) is 5.75 Å². The second-order valence-corrected chi connectivity index (χ2v) is 5.35. The molecule has 3 nitrogen and oxygen atoms in total. The van der Waals surface area contributed by atoms with E-state index in [0.29, 0.717) is 12.3 Å². The maximum absolute atomic E-state index is 11.9. The SMILES string of the molecule is COc1ccc(Br)cc1N1CC(CS)CC1=O. The number of benzene rings is 1. The van der Waals surface area contributed by atoms with E-state index in [1.54, 1.807) is 12.0 Å². The molecule has 1 saturated heterocycles. The van der Waals surface area contributed by atoms with Crippen molar-refractivity contribution in [2.24, 2.45) is 5.92 Å². The van der Waals surface area contributed by atoms with Crippen molar-refractivity contribution in [1.82, 2.24) is 0 Å². The molecular formula is C12H14BrNO2S. The highest BCUT2D eigenvalue weighted by Crippen LogP contribution is 2.35. The first-order chi connectivity index (χ1) is 8.15. The number of rotatable bonds is 3. The van der Waals surface area contributed by atoms with Crippen molar-refractivity contribution in [3.63, 3.8) is 0 Å². The molecule has 1 aliphatic rings. The van der Waals surface area contributed by atoms with Gasteiger partial charge in [0.25, 0.3) is 0 Å². The van der Waals surface area contributed by atoms with Crippen molar-refractivity contribution in [3.05, 3.63) is 22.7 Å². The summed E-state index contributed by atoms with van der Waals surface area (Å²) in [5, 5.41) is 0. The molecule has 1 aromatic rings. The molecule has 0 bridgehead atoms. The first kappa shape index (κ1) is 12.8. The van der Waals surface area contributed by atoms with E-state index in [0.717, 1.165) is 28.2 Å². The van der Waals surface area contributed by atoms with E-state index in [1.807, 2.05) is 18.2 Å². The fraction of sp³-hybridized carbons (Fsp3) is 0.417. The van der Waals surface area contributed by atoms with Crippen molar-refractivity contribution in [2.75, 3.05) is 24.3 Å². The zero-order valence-corrected chi connectivity index (χ0v) is 12.0. The average Bonchev–Trinajstić information content (AvgIpc) is 2.70. The molecule has 1 fully saturated rings. The summed E-state index contributed by atoms with van der Waals surface area (Å²) in [5.41, 5.74) is 0.830. The lowest BCUT2D eigenvalue weighted by Gasteiger charge is -2.19. The number of hydrogen-bond donors (Lipinski definition) is 1. The predicted molar refractivity (Wildman–Crippen MR) is 75.0 cm³/mol. The minimum absolute atomic E-state index is 0.139. The fourth-order valence-corrected chi connectivity index (χ4v) is 2.60. The molecule has 5 heteroatoms. The van der Waals surface area contributed by atoms with Gasteiger partial charge in [0.15, 0.2) is 0 Å². The Morgan fingerprint density at radius 3 is 2.94 bits per heavy atom. The number of halogens is 1. The highest BCUT2D eigenvalue weighted by atomic mass is 79.9. The van der Waals surface area contributed by atoms with Crippen LogP contribution in [-0.4, -0.2) is 25.3 Å². The molecule has 0 radical (unpaired) electrons. The van der Waals surface area contributed by atoms with Gasteiger partial charge in [0.1, 0.15) is 5.75 Å². The number of methoxy groups -OCH3 is 1. The zero-order chi connectivity index (χ0) is 12.4. The van der Waals surface area contributed by atoms with Gasteiger partial charge in [-0.05, 0) is 29.9 Å². The second kappa shape index (κ2) is 5.31. The summed E-state index contributed by atoms with van der Waals surface area (Å²) >= 11 is 7.68. The van der Waals surface area contributed by atoms with E-state index in [1.165, 1.54) is 0 Å². The Bertz CT molecular complexity index is 439. The van der Waals surface area contributed by atoms with Gasteiger partial charge in [0.2, 0.25) is 5.91 Å². The molecule has 1 amide bonds. The van der Waals surface area contributed by atoms with Crippen LogP contribution in [-0.2, 0) is 4.79 Å². The van der Waals surface area contributed by atoms with E-state index < -0.39 is 0 Å². The first-order valence-corrected chi connectivity index (χ1v) is 6.83. The van der Waals surface area contributed by atoms with Crippen LogP contribution in [0.3, 0.4) is 0 Å². The lowest BCUT2D eigenvalue weighted by atomic mass is 10.1. The smallest absolute Gasteiger partial charge is 0.227 e. The highest BCUT2D eigenvalue weighted by molar-refractivity contribution is 9.10. The van der Waals surface area contributed by atoms with E-state index >= 15 is 0 Å². The quantitative estimate of drug-likeness (QED) is 0.869. The Labute approximate surface area is 115 Å². The van der Waals surface area contributed by atoms with Gasteiger partial charge in [-0.25, -0.2) is 0 Å². The Kier molecular flexibility index (Phi) is 3.99. The summed E-state index contributed by atoms with van der Waals surface area (Å²) < 4.78 is 6.24.